The first kappa shape index (κ1) is 13.8. The first-order chi connectivity index (χ1) is 7.84. The van der Waals surface area contributed by atoms with Gasteiger partial charge in [0.15, 0.2) is 0 Å². The molecule has 0 atom stereocenters. The van der Waals surface area contributed by atoms with Crippen molar-refractivity contribution < 1.29 is 17.9 Å². The highest BCUT2D eigenvalue weighted by atomic mass is 35.5. The summed E-state index contributed by atoms with van der Waals surface area (Å²) in [7, 11) is -2.37. The maximum absolute atomic E-state index is 11.6. The molecule has 1 aromatic carbocycles. The second kappa shape index (κ2) is 5.37. The highest BCUT2D eigenvalue weighted by Crippen LogP contribution is 2.21. The smallest absolute Gasteiger partial charge is 0.326 e. The third kappa shape index (κ3) is 3.90. The number of esters is 1. The van der Waals surface area contributed by atoms with Gasteiger partial charge >= 0.3 is 5.97 Å². The van der Waals surface area contributed by atoms with Crippen LogP contribution < -0.4 is 4.31 Å². The van der Waals surface area contributed by atoms with Crippen LogP contribution in [0.1, 0.15) is 0 Å². The zero-order valence-electron chi connectivity index (χ0n) is 9.38. The summed E-state index contributed by atoms with van der Waals surface area (Å²) in [5.74, 6) is -0.643. The lowest BCUT2D eigenvalue weighted by molar-refractivity contribution is -0.138. The Labute approximate surface area is 105 Å². The van der Waals surface area contributed by atoms with E-state index in [1.807, 2.05) is 0 Å². The molecule has 0 radical (unpaired) electrons. The van der Waals surface area contributed by atoms with E-state index in [-0.39, 0.29) is 6.54 Å². The molecular weight excluding hydrogens is 266 g/mol. The number of benzene rings is 1. The van der Waals surface area contributed by atoms with E-state index in [1.165, 1.54) is 13.2 Å². The normalized spacial score (nSPS) is 11.0. The van der Waals surface area contributed by atoms with E-state index in [1.54, 1.807) is 18.2 Å². The summed E-state index contributed by atoms with van der Waals surface area (Å²) in [6, 6.07) is 6.23. The number of nitrogens with zero attached hydrogens (tertiary/aromatic N) is 1. The minimum atomic E-state index is -3.57. The number of carbonyl (C=O) groups is 1. The Morgan fingerprint density at radius 3 is 2.59 bits per heavy atom. The van der Waals surface area contributed by atoms with Crippen LogP contribution in [-0.4, -0.2) is 34.3 Å². The molecule has 0 N–H and O–H groups in total. The Morgan fingerprint density at radius 1 is 1.47 bits per heavy atom. The highest BCUT2D eigenvalue weighted by molar-refractivity contribution is 7.92. The Balaban J connectivity index is 3.12. The van der Waals surface area contributed by atoms with E-state index >= 15 is 0 Å². The molecule has 0 aliphatic heterocycles. The van der Waals surface area contributed by atoms with Crippen LogP contribution in [-0.2, 0) is 19.6 Å². The van der Waals surface area contributed by atoms with Crippen LogP contribution in [0, 0.1) is 0 Å². The molecule has 7 heteroatoms. The highest BCUT2D eigenvalue weighted by Gasteiger charge is 2.21. The molecule has 17 heavy (non-hydrogen) atoms. The lowest BCUT2D eigenvalue weighted by Gasteiger charge is -2.21. The van der Waals surface area contributed by atoms with Gasteiger partial charge in [-0.1, -0.05) is 17.7 Å². The van der Waals surface area contributed by atoms with Gasteiger partial charge in [-0.05, 0) is 18.2 Å². The molecule has 0 aromatic heterocycles. The van der Waals surface area contributed by atoms with Gasteiger partial charge in [0.25, 0.3) is 0 Å². The third-order valence-electron chi connectivity index (χ3n) is 2.00. The standard InChI is InChI=1S/C10H12ClNO4S/c1-16-10(13)7-12(17(2,14)15)9-5-3-4-8(11)6-9/h3-6H,7H2,1-2H3. The van der Waals surface area contributed by atoms with E-state index in [0.717, 1.165) is 10.6 Å². The molecule has 1 rings (SSSR count). The van der Waals surface area contributed by atoms with Crippen molar-refractivity contribution in [2.24, 2.45) is 0 Å². The van der Waals surface area contributed by atoms with Gasteiger partial charge in [-0.15, -0.1) is 0 Å². The average Bonchev–Trinajstić information content (AvgIpc) is 2.23. The summed E-state index contributed by atoms with van der Waals surface area (Å²) in [6.45, 7) is -0.379. The zero-order valence-corrected chi connectivity index (χ0v) is 11.0. The molecule has 0 fully saturated rings. The van der Waals surface area contributed by atoms with E-state index in [4.69, 9.17) is 11.6 Å². The van der Waals surface area contributed by atoms with Crippen molar-refractivity contribution in [1.29, 1.82) is 0 Å². The second-order valence-electron chi connectivity index (χ2n) is 3.33. The molecule has 1 aromatic rings. The molecule has 94 valence electrons. The number of anilines is 1. The van der Waals surface area contributed by atoms with Crippen molar-refractivity contribution in [2.45, 2.75) is 0 Å². The van der Waals surface area contributed by atoms with Gasteiger partial charge in [-0.25, -0.2) is 8.42 Å². The monoisotopic (exact) mass is 277 g/mol. The summed E-state index contributed by atoms with van der Waals surface area (Å²) in [4.78, 5) is 11.2. The fourth-order valence-corrected chi connectivity index (χ4v) is 2.23. The molecule has 0 heterocycles. The number of carbonyl (C=O) groups excluding carboxylic acids is 1. The topological polar surface area (TPSA) is 63.7 Å². The molecule has 0 amide bonds. The number of ether oxygens (including phenoxy) is 1. The fraction of sp³-hybridized carbons (Fsp3) is 0.300. The van der Waals surface area contributed by atoms with Gasteiger partial charge in [-0.3, -0.25) is 9.10 Å². The molecule has 5 nitrogen and oxygen atoms in total. The quantitative estimate of drug-likeness (QED) is 0.778. The van der Waals surface area contributed by atoms with Crippen LogP contribution in [0.2, 0.25) is 5.02 Å². The Kier molecular flexibility index (Phi) is 4.36. The number of sulfonamides is 1. The lowest BCUT2D eigenvalue weighted by Crippen LogP contribution is -2.35. The van der Waals surface area contributed by atoms with E-state index < -0.39 is 16.0 Å². The van der Waals surface area contributed by atoms with Gasteiger partial charge in [0, 0.05) is 5.02 Å². The van der Waals surface area contributed by atoms with Crippen LogP contribution in [0.15, 0.2) is 24.3 Å². The second-order valence-corrected chi connectivity index (χ2v) is 5.67. The van der Waals surface area contributed by atoms with Gasteiger partial charge < -0.3 is 4.74 Å². The molecule has 0 bridgehead atoms. The Morgan fingerprint density at radius 2 is 2.12 bits per heavy atom. The summed E-state index contributed by atoms with van der Waals surface area (Å²) in [5, 5.41) is 0.390. The molecule has 0 saturated carbocycles. The van der Waals surface area contributed by atoms with Gasteiger partial charge in [-0.2, -0.15) is 0 Å². The molecule has 0 aliphatic carbocycles. The minimum Gasteiger partial charge on any atom is -0.468 e. The lowest BCUT2D eigenvalue weighted by atomic mass is 10.3. The first-order valence-electron chi connectivity index (χ1n) is 4.64. The van der Waals surface area contributed by atoms with E-state index in [2.05, 4.69) is 4.74 Å². The number of hydrogen-bond donors (Lipinski definition) is 0. The van der Waals surface area contributed by atoms with E-state index in [0.29, 0.717) is 10.7 Å². The Bertz CT molecular complexity index is 515. The van der Waals surface area contributed by atoms with Crippen LogP contribution >= 0.6 is 11.6 Å². The van der Waals surface area contributed by atoms with Gasteiger partial charge in [0.2, 0.25) is 10.0 Å². The average molecular weight is 278 g/mol. The van der Waals surface area contributed by atoms with E-state index in [9.17, 15) is 13.2 Å². The SMILES string of the molecule is COC(=O)CN(c1cccc(Cl)c1)S(C)(=O)=O. The van der Waals surface area contributed by atoms with Crippen molar-refractivity contribution in [3.63, 3.8) is 0 Å². The number of methoxy groups -OCH3 is 1. The minimum absolute atomic E-state index is 0.324. The zero-order chi connectivity index (χ0) is 13.1. The molecule has 0 saturated heterocycles. The number of halogens is 1. The van der Waals surface area contributed by atoms with Crippen LogP contribution in [0.5, 0.6) is 0 Å². The van der Waals surface area contributed by atoms with Crippen LogP contribution in [0.3, 0.4) is 0 Å². The van der Waals surface area contributed by atoms with Crippen molar-refractivity contribution in [2.75, 3.05) is 24.2 Å². The van der Waals surface area contributed by atoms with Crippen LogP contribution in [0.25, 0.3) is 0 Å². The predicted molar refractivity (Wildman–Crippen MR) is 65.7 cm³/mol. The summed E-state index contributed by atoms with van der Waals surface area (Å²) >= 11 is 5.77. The summed E-state index contributed by atoms with van der Waals surface area (Å²) in [5.41, 5.74) is 0.324. The largest absolute Gasteiger partial charge is 0.468 e. The first-order valence-corrected chi connectivity index (χ1v) is 6.87. The predicted octanol–water partition coefficient (Wildman–Crippen LogP) is 1.28. The Hall–Kier alpha value is -1.27. The molecule has 0 aliphatic rings. The fourth-order valence-electron chi connectivity index (χ4n) is 1.21. The number of rotatable bonds is 4. The summed E-state index contributed by atoms with van der Waals surface area (Å²) in [6.07, 6.45) is 1.01. The van der Waals surface area contributed by atoms with Crippen LogP contribution in [0.4, 0.5) is 5.69 Å². The van der Waals surface area contributed by atoms with Crippen molar-refractivity contribution >= 4 is 33.3 Å². The maximum Gasteiger partial charge on any atom is 0.326 e. The summed E-state index contributed by atoms with van der Waals surface area (Å²) < 4.78 is 28.5. The van der Waals surface area contributed by atoms with Gasteiger partial charge in [0.05, 0.1) is 19.1 Å². The van der Waals surface area contributed by atoms with Gasteiger partial charge in [0.1, 0.15) is 6.54 Å². The molecule has 0 unspecified atom stereocenters. The molecular formula is C10H12ClNO4S. The maximum atomic E-state index is 11.6. The van der Waals surface area contributed by atoms with Crippen molar-refractivity contribution in [1.82, 2.24) is 0 Å². The molecule has 0 spiro atoms. The van der Waals surface area contributed by atoms with Crippen molar-refractivity contribution in [3.05, 3.63) is 29.3 Å². The third-order valence-corrected chi connectivity index (χ3v) is 3.37. The number of hydrogen-bond acceptors (Lipinski definition) is 4. The van der Waals surface area contributed by atoms with Crippen molar-refractivity contribution in [3.8, 4) is 0 Å².